The van der Waals surface area contributed by atoms with Gasteiger partial charge in [-0.2, -0.15) is 0 Å². The van der Waals surface area contributed by atoms with Crippen LogP contribution >= 0.6 is 15.9 Å². The number of halogens is 1. The zero-order valence-corrected chi connectivity index (χ0v) is 13.6. The molecule has 23 heavy (non-hydrogen) atoms. The number of pyridine rings is 1. The standard InChI is InChI=1S/C16H13BrN4O2/c17-12-4-1-5-13(7-12)21-15(22)8-14(20-16(21)23)19-10-11-3-2-6-18-9-11/h1-9,19H,10H2,(H,20,23). The zero-order valence-electron chi connectivity index (χ0n) is 12.0. The maximum absolute atomic E-state index is 12.3. The Bertz CT molecular complexity index is 903. The second-order valence-corrected chi connectivity index (χ2v) is 5.77. The molecule has 116 valence electrons. The molecule has 0 aliphatic rings. The van der Waals surface area contributed by atoms with E-state index < -0.39 is 11.2 Å². The molecular formula is C16H13BrN4O2. The molecule has 1 aromatic carbocycles. The summed E-state index contributed by atoms with van der Waals surface area (Å²) in [6, 6.07) is 12.1. The summed E-state index contributed by atoms with van der Waals surface area (Å²) in [5, 5.41) is 3.01. The third kappa shape index (κ3) is 3.57. The van der Waals surface area contributed by atoms with Gasteiger partial charge in [-0.15, -0.1) is 0 Å². The van der Waals surface area contributed by atoms with Gasteiger partial charge in [0.05, 0.1) is 5.69 Å². The van der Waals surface area contributed by atoms with E-state index in [1.807, 2.05) is 18.2 Å². The SMILES string of the molecule is O=c1cc(NCc2cccnc2)[nH]c(=O)n1-c1cccc(Br)c1. The molecule has 3 rings (SSSR count). The summed E-state index contributed by atoms with van der Waals surface area (Å²) >= 11 is 3.33. The summed E-state index contributed by atoms with van der Waals surface area (Å²) in [6.45, 7) is 0.462. The number of aromatic amines is 1. The summed E-state index contributed by atoms with van der Waals surface area (Å²) in [6.07, 6.45) is 3.40. The molecule has 0 unspecified atom stereocenters. The summed E-state index contributed by atoms with van der Waals surface area (Å²) in [5.41, 5.74) is 0.554. The highest BCUT2D eigenvalue weighted by molar-refractivity contribution is 9.10. The number of nitrogens with one attached hydrogen (secondary N) is 2. The van der Waals surface area contributed by atoms with Gasteiger partial charge in [-0.3, -0.25) is 14.8 Å². The lowest BCUT2D eigenvalue weighted by Crippen LogP contribution is -2.33. The van der Waals surface area contributed by atoms with Crippen LogP contribution in [0, 0.1) is 0 Å². The van der Waals surface area contributed by atoms with Crippen molar-refractivity contribution >= 4 is 21.7 Å². The van der Waals surface area contributed by atoms with Gasteiger partial charge in [-0.25, -0.2) is 9.36 Å². The van der Waals surface area contributed by atoms with E-state index in [1.54, 1.807) is 30.6 Å². The highest BCUT2D eigenvalue weighted by atomic mass is 79.9. The van der Waals surface area contributed by atoms with Crippen LogP contribution in [0.25, 0.3) is 5.69 Å². The van der Waals surface area contributed by atoms with Crippen LogP contribution in [-0.4, -0.2) is 14.5 Å². The van der Waals surface area contributed by atoms with Crippen molar-refractivity contribution in [1.29, 1.82) is 0 Å². The van der Waals surface area contributed by atoms with E-state index in [-0.39, 0.29) is 0 Å². The number of hydrogen-bond acceptors (Lipinski definition) is 4. The van der Waals surface area contributed by atoms with E-state index >= 15 is 0 Å². The van der Waals surface area contributed by atoms with E-state index in [4.69, 9.17) is 0 Å². The first kappa shape index (κ1) is 15.2. The monoisotopic (exact) mass is 372 g/mol. The molecular weight excluding hydrogens is 360 g/mol. The lowest BCUT2D eigenvalue weighted by molar-refractivity contribution is 0.872. The molecule has 0 bridgehead atoms. The van der Waals surface area contributed by atoms with Crippen molar-refractivity contribution in [2.75, 3.05) is 5.32 Å². The molecule has 0 saturated carbocycles. The Morgan fingerprint density at radius 3 is 2.74 bits per heavy atom. The average molecular weight is 373 g/mol. The van der Waals surface area contributed by atoms with Crippen molar-refractivity contribution in [3.8, 4) is 5.69 Å². The summed E-state index contributed by atoms with van der Waals surface area (Å²) < 4.78 is 1.88. The fourth-order valence-electron chi connectivity index (χ4n) is 2.15. The molecule has 0 radical (unpaired) electrons. The minimum absolute atomic E-state index is 0.370. The van der Waals surface area contributed by atoms with Crippen molar-refractivity contribution in [1.82, 2.24) is 14.5 Å². The number of nitrogens with zero attached hydrogens (tertiary/aromatic N) is 2. The summed E-state index contributed by atoms with van der Waals surface area (Å²) in [7, 11) is 0. The average Bonchev–Trinajstić information content (AvgIpc) is 2.53. The minimum atomic E-state index is -0.496. The van der Waals surface area contributed by atoms with Crippen molar-refractivity contribution < 1.29 is 0 Å². The Labute approximate surface area is 140 Å². The first-order chi connectivity index (χ1) is 11.1. The van der Waals surface area contributed by atoms with Crippen molar-refractivity contribution in [2.24, 2.45) is 0 Å². The normalized spacial score (nSPS) is 10.5. The largest absolute Gasteiger partial charge is 0.367 e. The topological polar surface area (TPSA) is 79.8 Å². The van der Waals surface area contributed by atoms with E-state index in [2.05, 4.69) is 31.2 Å². The molecule has 2 heterocycles. The van der Waals surface area contributed by atoms with Crippen LogP contribution in [0.2, 0.25) is 0 Å². The fraction of sp³-hybridized carbons (Fsp3) is 0.0625. The zero-order chi connectivity index (χ0) is 16.2. The third-order valence-electron chi connectivity index (χ3n) is 3.21. The van der Waals surface area contributed by atoms with Crippen molar-refractivity contribution in [3.05, 3.63) is 85.7 Å². The quantitative estimate of drug-likeness (QED) is 0.736. The highest BCUT2D eigenvalue weighted by Crippen LogP contribution is 2.13. The molecule has 0 spiro atoms. The molecule has 2 N–H and O–H groups in total. The lowest BCUT2D eigenvalue weighted by Gasteiger charge is -2.09. The molecule has 0 fully saturated rings. The van der Waals surface area contributed by atoms with Crippen LogP contribution in [0.5, 0.6) is 0 Å². The minimum Gasteiger partial charge on any atom is -0.367 e. The van der Waals surface area contributed by atoms with E-state index in [0.717, 1.165) is 14.6 Å². The molecule has 0 saturated heterocycles. The summed E-state index contributed by atoms with van der Waals surface area (Å²) in [5.74, 6) is 0.370. The summed E-state index contributed by atoms with van der Waals surface area (Å²) in [4.78, 5) is 31.2. The maximum atomic E-state index is 12.3. The fourth-order valence-corrected chi connectivity index (χ4v) is 2.54. The van der Waals surface area contributed by atoms with E-state index in [1.165, 1.54) is 6.07 Å². The van der Waals surface area contributed by atoms with Crippen LogP contribution in [0.1, 0.15) is 5.56 Å². The van der Waals surface area contributed by atoms with Crippen LogP contribution in [0.3, 0.4) is 0 Å². The first-order valence-corrected chi connectivity index (χ1v) is 7.68. The van der Waals surface area contributed by atoms with Crippen molar-refractivity contribution in [3.63, 3.8) is 0 Å². The number of aromatic nitrogens is 3. The number of rotatable bonds is 4. The van der Waals surface area contributed by atoms with Gasteiger partial charge in [0.1, 0.15) is 5.82 Å². The number of anilines is 1. The Kier molecular flexibility index (Phi) is 4.38. The van der Waals surface area contributed by atoms with Gasteiger partial charge in [-0.1, -0.05) is 28.1 Å². The van der Waals surface area contributed by atoms with Crippen LogP contribution in [0.4, 0.5) is 5.82 Å². The van der Waals surface area contributed by atoms with E-state index in [0.29, 0.717) is 18.1 Å². The Balaban J connectivity index is 1.89. The lowest BCUT2D eigenvalue weighted by atomic mass is 10.3. The van der Waals surface area contributed by atoms with Gasteiger partial charge in [0.25, 0.3) is 5.56 Å². The van der Waals surface area contributed by atoms with Gasteiger partial charge in [0.2, 0.25) is 0 Å². The highest BCUT2D eigenvalue weighted by Gasteiger charge is 2.07. The van der Waals surface area contributed by atoms with Gasteiger partial charge in [0, 0.05) is 29.5 Å². The van der Waals surface area contributed by atoms with Gasteiger partial charge in [-0.05, 0) is 29.8 Å². The predicted octanol–water partition coefficient (Wildman–Crippen LogP) is 2.30. The molecule has 0 aliphatic heterocycles. The second kappa shape index (κ2) is 6.62. The van der Waals surface area contributed by atoms with Crippen LogP contribution < -0.4 is 16.6 Å². The molecule has 7 heteroatoms. The molecule has 2 aromatic heterocycles. The van der Waals surface area contributed by atoms with Gasteiger partial charge >= 0.3 is 5.69 Å². The number of hydrogen-bond donors (Lipinski definition) is 2. The van der Waals surface area contributed by atoms with Gasteiger partial charge in [0.15, 0.2) is 0 Å². The van der Waals surface area contributed by atoms with Crippen LogP contribution in [0.15, 0.2) is 68.9 Å². The Morgan fingerprint density at radius 1 is 1.17 bits per heavy atom. The Morgan fingerprint density at radius 2 is 2.04 bits per heavy atom. The van der Waals surface area contributed by atoms with Crippen LogP contribution in [-0.2, 0) is 6.54 Å². The molecule has 0 atom stereocenters. The number of benzene rings is 1. The third-order valence-corrected chi connectivity index (χ3v) is 3.70. The Hall–Kier alpha value is -2.67. The first-order valence-electron chi connectivity index (χ1n) is 6.88. The van der Waals surface area contributed by atoms with Crippen molar-refractivity contribution in [2.45, 2.75) is 6.54 Å². The molecule has 0 aliphatic carbocycles. The number of H-pyrrole nitrogens is 1. The predicted molar refractivity (Wildman–Crippen MR) is 91.9 cm³/mol. The van der Waals surface area contributed by atoms with E-state index in [9.17, 15) is 9.59 Å². The maximum Gasteiger partial charge on any atom is 0.334 e. The van der Waals surface area contributed by atoms with Gasteiger partial charge < -0.3 is 5.32 Å². The molecule has 6 nitrogen and oxygen atoms in total. The molecule has 0 amide bonds. The smallest absolute Gasteiger partial charge is 0.334 e. The second-order valence-electron chi connectivity index (χ2n) is 4.86. The molecule has 3 aromatic rings.